The molecule has 174 valence electrons. The van der Waals surface area contributed by atoms with E-state index in [2.05, 4.69) is 15.1 Å². The van der Waals surface area contributed by atoms with Crippen molar-refractivity contribution in [2.45, 2.75) is 36.5 Å². The van der Waals surface area contributed by atoms with Crippen LogP contribution in [-0.2, 0) is 10.0 Å². The Morgan fingerprint density at radius 2 is 1.88 bits per heavy atom. The highest BCUT2D eigenvalue weighted by Crippen LogP contribution is 2.31. The summed E-state index contributed by atoms with van der Waals surface area (Å²) in [6.45, 7) is 1.96. The first-order chi connectivity index (χ1) is 15.9. The Morgan fingerprint density at radius 1 is 1.12 bits per heavy atom. The fourth-order valence-electron chi connectivity index (χ4n) is 4.37. The van der Waals surface area contributed by atoms with Gasteiger partial charge in [0.25, 0.3) is 5.91 Å². The standard InChI is InChI=1S/C22H24FN5O4S/c23-17-7-5-15(6-8-17)20-25-21(32-26-20)16-4-3-11-28(14-16)33(30,31)18-12-19(24-13-18)22(29)27-9-1-2-10-27/h5-8,12-13,16,24H,1-4,9-11,14H2. The summed E-state index contributed by atoms with van der Waals surface area (Å²) < 4.78 is 46.5. The van der Waals surface area contributed by atoms with Gasteiger partial charge in [0.15, 0.2) is 0 Å². The Bertz CT molecular complexity index is 1250. The van der Waals surface area contributed by atoms with Gasteiger partial charge < -0.3 is 14.4 Å². The van der Waals surface area contributed by atoms with E-state index in [9.17, 15) is 17.6 Å². The minimum Gasteiger partial charge on any atom is -0.356 e. The molecule has 1 amide bonds. The maximum absolute atomic E-state index is 13.3. The van der Waals surface area contributed by atoms with Crippen molar-refractivity contribution in [3.05, 3.63) is 53.9 Å². The molecular formula is C22H24FN5O4S. The van der Waals surface area contributed by atoms with Gasteiger partial charge in [0.2, 0.25) is 21.7 Å². The average molecular weight is 474 g/mol. The lowest BCUT2D eigenvalue weighted by Crippen LogP contribution is -2.39. The highest BCUT2D eigenvalue weighted by molar-refractivity contribution is 7.89. The molecule has 1 unspecified atom stereocenters. The van der Waals surface area contributed by atoms with Crippen LogP contribution in [0.5, 0.6) is 0 Å². The molecule has 2 aliphatic heterocycles. The van der Waals surface area contributed by atoms with Crippen LogP contribution < -0.4 is 0 Å². The Hall–Kier alpha value is -3.05. The van der Waals surface area contributed by atoms with E-state index in [0.29, 0.717) is 49.8 Å². The van der Waals surface area contributed by atoms with Gasteiger partial charge >= 0.3 is 0 Å². The van der Waals surface area contributed by atoms with Crippen LogP contribution in [0.1, 0.15) is 48.0 Å². The summed E-state index contributed by atoms with van der Waals surface area (Å²) in [6.07, 6.45) is 4.66. The molecular weight excluding hydrogens is 449 g/mol. The molecule has 4 heterocycles. The van der Waals surface area contributed by atoms with Crippen LogP contribution in [0.25, 0.3) is 11.4 Å². The van der Waals surface area contributed by atoms with Gasteiger partial charge in [-0.05, 0) is 56.0 Å². The molecule has 33 heavy (non-hydrogen) atoms. The number of likely N-dealkylation sites (tertiary alicyclic amines) is 1. The molecule has 1 atom stereocenters. The second kappa shape index (κ2) is 8.71. The van der Waals surface area contributed by atoms with Crippen LogP contribution in [0.15, 0.2) is 45.9 Å². The van der Waals surface area contributed by atoms with Gasteiger partial charge in [-0.25, -0.2) is 12.8 Å². The first-order valence-corrected chi connectivity index (χ1v) is 12.4. The zero-order chi connectivity index (χ0) is 23.0. The molecule has 0 saturated carbocycles. The number of nitrogens with zero attached hydrogens (tertiary/aromatic N) is 4. The highest BCUT2D eigenvalue weighted by atomic mass is 32.2. The Balaban J connectivity index is 1.31. The number of aromatic amines is 1. The first-order valence-electron chi connectivity index (χ1n) is 11.0. The van der Waals surface area contributed by atoms with E-state index in [0.717, 1.165) is 12.8 Å². The summed E-state index contributed by atoms with van der Waals surface area (Å²) in [5.74, 6) is -0.0935. The number of nitrogens with one attached hydrogen (secondary N) is 1. The molecule has 0 aliphatic carbocycles. The van der Waals surface area contributed by atoms with Crippen LogP contribution in [0, 0.1) is 5.82 Å². The molecule has 2 fully saturated rings. The monoisotopic (exact) mass is 473 g/mol. The number of amides is 1. The summed E-state index contributed by atoms with van der Waals surface area (Å²) >= 11 is 0. The summed E-state index contributed by atoms with van der Waals surface area (Å²) in [7, 11) is -3.79. The predicted octanol–water partition coefficient (Wildman–Crippen LogP) is 3.01. The number of benzene rings is 1. The molecule has 2 aliphatic rings. The zero-order valence-corrected chi connectivity index (χ0v) is 18.7. The third kappa shape index (κ3) is 4.30. The number of hydrogen-bond donors (Lipinski definition) is 1. The van der Waals surface area contributed by atoms with E-state index in [1.54, 1.807) is 17.0 Å². The molecule has 2 saturated heterocycles. The number of rotatable bonds is 5. The molecule has 1 aromatic carbocycles. The number of aromatic nitrogens is 3. The zero-order valence-electron chi connectivity index (χ0n) is 17.9. The first kappa shape index (κ1) is 21.8. The minimum atomic E-state index is -3.79. The summed E-state index contributed by atoms with van der Waals surface area (Å²) in [4.78, 5) is 21.6. The molecule has 0 spiro atoms. The molecule has 3 aromatic rings. The quantitative estimate of drug-likeness (QED) is 0.610. The number of hydrogen-bond acceptors (Lipinski definition) is 6. The molecule has 1 N–H and O–H groups in total. The number of carbonyl (C=O) groups is 1. The van der Waals surface area contributed by atoms with Crippen molar-refractivity contribution in [2.24, 2.45) is 0 Å². The van der Waals surface area contributed by atoms with Gasteiger partial charge in [0.05, 0.1) is 5.92 Å². The Kier molecular flexibility index (Phi) is 5.75. The minimum absolute atomic E-state index is 0.0724. The van der Waals surface area contributed by atoms with Gasteiger partial charge in [-0.2, -0.15) is 9.29 Å². The molecule has 0 radical (unpaired) electrons. The SMILES string of the molecule is O=C(c1cc(S(=O)(=O)N2CCCC(c3nc(-c4ccc(F)cc4)no3)C2)c[nH]1)N1CCCC1. The third-order valence-corrected chi connectivity index (χ3v) is 8.04. The number of halogens is 1. The van der Waals surface area contributed by atoms with E-state index in [4.69, 9.17) is 4.52 Å². The molecule has 5 rings (SSSR count). The third-order valence-electron chi connectivity index (χ3n) is 6.20. The van der Waals surface area contributed by atoms with Gasteiger partial charge in [-0.1, -0.05) is 5.16 Å². The lowest BCUT2D eigenvalue weighted by atomic mass is 10.00. The largest absolute Gasteiger partial charge is 0.356 e. The summed E-state index contributed by atoms with van der Waals surface area (Å²) in [5.41, 5.74) is 0.902. The van der Waals surface area contributed by atoms with Crippen molar-refractivity contribution in [1.29, 1.82) is 0 Å². The highest BCUT2D eigenvalue weighted by Gasteiger charge is 2.34. The van der Waals surface area contributed by atoms with Crippen molar-refractivity contribution < 1.29 is 22.1 Å². The van der Waals surface area contributed by atoms with Crippen molar-refractivity contribution in [1.82, 2.24) is 24.3 Å². The Labute approximate surface area is 190 Å². The van der Waals surface area contributed by atoms with Gasteiger partial charge in [-0.3, -0.25) is 4.79 Å². The Morgan fingerprint density at radius 3 is 2.64 bits per heavy atom. The number of H-pyrrole nitrogens is 1. The van der Waals surface area contributed by atoms with E-state index >= 15 is 0 Å². The van der Waals surface area contributed by atoms with Gasteiger partial charge in [-0.15, -0.1) is 0 Å². The summed E-state index contributed by atoms with van der Waals surface area (Å²) in [6, 6.07) is 7.18. The molecule has 2 aromatic heterocycles. The topological polar surface area (TPSA) is 112 Å². The van der Waals surface area contributed by atoms with Crippen molar-refractivity contribution >= 4 is 15.9 Å². The normalized spacial score (nSPS) is 19.8. The van der Waals surface area contributed by atoms with Crippen LogP contribution in [0.3, 0.4) is 0 Å². The second-order valence-electron chi connectivity index (χ2n) is 8.41. The van der Waals surface area contributed by atoms with Crippen LogP contribution in [0.4, 0.5) is 4.39 Å². The fraction of sp³-hybridized carbons (Fsp3) is 0.409. The number of piperidine rings is 1. The van der Waals surface area contributed by atoms with Crippen LogP contribution >= 0.6 is 0 Å². The van der Waals surface area contributed by atoms with Gasteiger partial charge in [0, 0.05) is 37.9 Å². The lowest BCUT2D eigenvalue weighted by molar-refractivity contribution is 0.0787. The molecule has 0 bridgehead atoms. The predicted molar refractivity (Wildman–Crippen MR) is 116 cm³/mol. The number of sulfonamides is 1. The van der Waals surface area contributed by atoms with E-state index in [1.165, 1.54) is 28.7 Å². The molecule has 11 heteroatoms. The van der Waals surface area contributed by atoms with Crippen molar-refractivity contribution in [2.75, 3.05) is 26.2 Å². The number of carbonyl (C=O) groups excluding carboxylic acids is 1. The second-order valence-corrected chi connectivity index (χ2v) is 10.4. The summed E-state index contributed by atoms with van der Waals surface area (Å²) in [5, 5.41) is 3.97. The van der Waals surface area contributed by atoms with Crippen LogP contribution in [0.2, 0.25) is 0 Å². The van der Waals surface area contributed by atoms with E-state index in [1.807, 2.05) is 0 Å². The van der Waals surface area contributed by atoms with E-state index in [-0.39, 0.29) is 34.8 Å². The molecule has 9 nitrogen and oxygen atoms in total. The van der Waals surface area contributed by atoms with Crippen molar-refractivity contribution in [3.8, 4) is 11.4 Å². The maximum atomic E-state index is 13.3. The maximum Gasteiger partial charge on any atom is 0.270 e. The lowest BCUT2D eigenvalue weighted by Gasteiger charge is -2.29. The smallest absolute Gasteiger partial charge is 0.270 e. The fourth-order valence-corrected chi connectivity index (χ4v) is 5.88. The van der Waals surface area contributed by atoms with Crippen LogP contribution in [-0.4, -0.2) is 64.8 Å². The average Bonchev–Trinajstić information content (AvgIpc) is 3.61. The van der Waals surface area contributed by atoms with E-state index < -0.39 is 10.0 Å². The van der Waals surface area contributed by atoms with Crippen molar-refractivity contribution in [3.63, 3.8) is 0 Å². The van der Waals surface area contributed by atoms with Gasteiger partial charge in [0.1, 0.15) is 16.4 Å².